The zero-order chi connectivity index (χ0) is 14.4. The van der Waals surface area contributed by atoms with Crippen LogP contribution in [-0.4, -0.2) is 54.9 Å². The van der Waals surface area contributed by atoms with Crippen molar-refractivity contribution in [2.75, 3.05) is 51.2 Å². The quantitative estimate of drug-likeness (QED) is 0.720. The molecule has 0 amide bonds. The first kappa shape index (κ1) is 14.5. The Labute approximate surface area is 118 Å². The van der Waals surface area contributed by atoms with Gasteiger partial charge in [0.1, 0.15) is 5.82 Å². The number of nitrogens with two attached hydrogens (primary N) is 1. The second kappa shape index (κ2) is 7.06. The van der Waals surface area contributed by atoms with Gasteiger partial charge in [-0.15, -0.1) is 0 Å². The highest BCUT2D eigenvalue weighted by molar-refractivity contribution is 5.66. The molecule has 2 N–H and O–H groups in total. The van der Waals surface area contributed by atoms with Gasteiger partial charge in [0.2, 0.25) is 0 Å². The fraction of sp³-hybridized carbons (Fsp3) is 0.538. The summed E-state index contributed by atoms with van der Waals surface area (Å²) in [5, 5.41) is 0. The van der Waals surface area contributed by atoms with E-state index in [4.69, 9.17) is 15.2 Å². The van der Waals surface area contributed by atoms with E-state index >= 15 is 0 Å². The lowest BCUT2D eigenvalue weighted by atomic mass is 10.3. The summed E-state index contributed by atoms with van der Waals surface area (Å²) in [6.07, 6.45) is 6.27. The van der Waals surface area contributed by atoms with Gasteiger partial charge in [-0.05, 0) is 6.42 Å². The largest absolute Gasteiger partial charge is 0.385 e. The summed E-state index contributed by atoms with van der Waals surface area (Å²) in [4.78, 5) is 10.9. The molecule has 2 heterocycles. The summed E-state index contributed by atoms with van der Waals surface area (Å²) in [6, 6.07) is 0. The van der Waals surface area contributed by atoms with E-state index in [1.54, 1.807) is 26.6 Å². The van der Waals surface area contributed by atoms with Crippen LogP contribution >= 0.6 is 0 Å². The SMILES string of the molecule is COCCCN(CCOC)c1nc(N)cn2ccnc12. The molecule has 2 aromatic heterocycles. The summed E-state index contributed by atoms with van der Waals surface area (Å²) < 4.78 is 12.2. The molecule has 0 aromatic carbocycles. The summed E-state index contributed by atoms with van der Waals surface area (Å²) in [7, 11) is 3.39. The first-order chi connectivity index (χ1) is 9.76. The van der Waals surface area contributed by atoms with Crippen molar-refractivity contribution in [2.24, 2.45) is 0 Å². The molecule has 0 fully saturated rings. The standard InChI is InChI=1S/C13H21N5O2/c1-19-8-3-5-17(7-9-20-2)13-12-15-4-6-18(12)10-11(14)16-13/h4,6,10H,3,5,7-9,14H2,1-2H3. The van der Waals surface area contributed by atoms with Crippen LogP contribution in [0.4, 0.5) is 11.6 Å². The molecule has 0 atom stereocenters. The Morgan fingerprint density at radius 2 is 2.05 bits per heavy atom. The monoisotopic (exact) mass is 279 g/mol. The normalized spacial score (nSPS) is 11.1. The van der Waals surface area contributed by atoms with E-state index in [1.807, 2.05) is 10.6 Å². The number of aromatic nitrogens is 3. The molecule has 0 aliphatic heterocycles. The molecule has 0 spiro atoms. The summed E-state index contributed by atoms with van der Waals surface area (Å²) in [5.41, 5.74) is 6.66. The summed E-state index contributed by atoms with van der Waals surface area (Å²) >= 11 is 0. The van der Waals surface area contributed by atoms with Crippen molar-refractivity contribution in [2.45, 2.75) is 6.42 Å². The Morgan fingerprint density at radius 1 is 1.25 bits per heavy atom. The third-order valence-electron chi connectivity index (χ3n) is 3.02. The van der Waals surface area contributed by atoms with E-state index in [0.717, 1.165) is 31.0 Å². The molecule has 0 unspecified atom stereocenters. The Bertz CT molecular complexity index is 543. The first-order valence-electron chi connectivity index (χ1n) is 6.58. The fourth-order valence-corrected chi connectivity index (χ4v) is 2.07. The van der Waals surface area contributed by atoms with Crippen molar-refractivity contribution in [1.29, 1.82) is 0 Å². The fourth-order valence-electron chi connectivity index (χ4n) is 2.07. The number of fused-ring (bicyclic) bond motifs is 1. The number of nitrogens with zero attached hydrogens (tertiary/aromatic N) is 4. The molecule has 0 radical (unpaired) electrons. The molecule has 110 valence electrons. The van der Waals surface area contributed by atoms with Crippen molar-refractivity contribution in [3.8, 4) is 0 Å². The van der Waals surface area contributed by atoms with E-state index < -0.39 is 0 Å². The van der Waals surface area contributed by atoms with Gasteiger partial charge in [0.05, 0.1) is 12.8 Å². The van der Waals surface area contributed by atoms with Crippen molar-refractivity contribution < 1.29 is 9.47 Å². The van der Waals surface area contributed by atoms with Gasteiger partial charge < -0.3 is 24.5 Å². The maximum Gasteiger partial charge on any atom is 0.180 e. The molecule has 0 aliphatic carbocycles. The minimum absolute atomic E-state index is 0.472. The molecular weight excluding hydrogens is 258 g/mol. The second-order valence-corrected chi connectivity index (χ2v) is 4.47. The van der Waals surface area contributed by atoms with Crippen LogP contribution in [0.15, 0.2) is 18.6 Å². The van der Waals surface area contributed by atoms with Gasteiger partial charge in [0, 0.05) is 46.3 Å². The zero-order valence-electron chi connectivity index (χ0n) is 12.0. The van der Waals surface area contributed by atoms with E-state index in [2.05, 4.69) is 14.9 Å². The Morgan fingerprint density at radius 3 is 2.80 bits per heavy atom. The third-order valence-corrected chi connectivity index (χ3v) is 3.02. The Balaban J connectivity index is 2.26. The smallest absolute Gasteiger partial charge is 0.180 e. The highest BCUT2D eigenvalue weighted by atomic mass is 16.5. The summed E-state index contributed by atoms with van der Waals surface area (Å²) in [6.45, 7) is 2.88. The van der Waals surface area contributed by atoms with E-state index in [-0.39, 0.29) is 0 Å². The van der Waals surface area contributed by atoms with Gasteiger partial charge in [-0.2, -0.15) is 0 Å². The molecule has 7 nitrogen and oxygen atoms in total. The zero-order valence-corrected chi connectivity index (χ0v) is 12.0. The van der Waals surface area contributed by atoms with Crippen molar-refractivity contribution in [1.82, 2.24) is 14.4 Å². The van der Waals surface area contributed by atoms with Crippen LogP contribution in [0, 0.1) is 0 Å². The average molecular weight is 279 g/mol. The predicted octanol–water partition coefficient (Wildman–Crippen LogP) is 0.801. The van der Waals surface area contributed by atoms with Gasteiger partial charge in [-0.25, -0.2) is 9.97 Å². The Hall–Kier alpha value is -1.86. The Kier molecular flexibility index (Phi) is 5.14. The van der Waals surface area contributed by atoms with Crippen LogP contribution in [0.3, 0.4) is 0 Å². The number of hydrogen-bond donors (Lipinski definition) is 1. The van der Waals surface area contributed by atoms with Crippen LogP contribution in [0.1, 0.15) is 6.42 Å². The summed E-state index contributed by atoms with van der Waals surface area (Å²) in [5.74, 6) is 1.25. The number of imidazole rings is 1. The minimum atomic E-state index is 0.472. The number of ether oxygens (including phenoxy) is 2. The van der Waals surface area contributed by atoms with E-state index in [1.165, 1.54) is 0 Å². The maximum absolute atomic E-state index is 5.86. The van der Waals surface area contributed by atoms with Crippen molar-refractivity contribution >= 4 is 17.3 Å². The lowest BCUT2D eigenvalue weighted by molar-refractivity contribution is 0.191. The van der Waals surface area contributed by atoms with E-state index in [9.17, 15) is 0 Å². The molecule has 7 heteroatoms. The van der Waals surface area contributed by atoms with Crippen molar-refractivity contribution in [3.63, 3.8) is 0 Å². The number of rotatable bonds is 8. The maximum atomic E-state index is 5.86. The van der Waals surface area contributed by atoms with Gasteiger partial charge in [0.25, 0.3) is 0 Å². The van der Waals surface area contributed by atoms with Crippen molar-refractivity contribution in [3.05, 3.63) is 18.6 Å². The van der Waals surface area contributed by atoms with Gasteiger partial charge >= 0.3 is 0 Å². The molecular formula is C13H21N5O2. The molecule has 2 aromatic rings. The number of anilines is 2. The molecule has 0 aliphatic rings. The molecule has 2 rings (SSSR count). The predicted molar refractivity (Wildman–Crippen MR) is 78.0 cm³/mol. The minimum Gasteiger partial charge on any atom is -0.385 e. The average Bonchev–Trinajstić information content (AvgIpc) is 2.90. The molecule has 0 saturated heterocycles. The number of hydrogen-bond acceptors (Lipinski definition) is 6. The van der Waals surface area contributed by atoms with Crippen LogP contribution in [-0.2, 0) is 9.47 Å². The highest BCUT2D eigenvalue weighted by Gasteiger charge is 2.14. The molecule has 0 bridgehead atoms. The molecule has 20 heavy (non-hydrogen) atoms. The van der Waals surface area contributed by atoms with Gasteiger partial charge in [-0.1, -0.05) is 0 Å². The van der Waals surface area contributed by atoms with Crippen LogP contribution < -0.4 is 10.6 Å². The van der Waals surface area contributed by atoms with Gasteiger partial charge in [-0.3, -0.25) is 0 Å². The number of methoxy groups -OCH3 is 2. The topological polar surface area (TPSA) is 77.9 Å². The lowest BCUT2D eigenvalue weighted by Crippen LogP contribution is -2.30. The first-order valence-corrected chi connectivity index (χ1v) is 6.58. The van der Waals surface area contributed by atoms with E-state index in [0.29, 0.717) is 19.0 Å². The number of nitrogen functional groups attached to an aromatic ring is 1. The van der Waals surface area contributed by atoms with Crippen LogP contribution in [0.2, 0.25) is 0 Å². The highest BCUT2D eigenvalue weighted by Crippen LogP contribution is 2.19. The second-order valence-electron chi connectivity index (χ2n) is 4.47. The van der Waals surface area contributed by atoms with Crippen LogP contribution in [0.25, 0.3) is 5.65 Å². The third kappa shape index (κ3) is 3.37. The van der Waals surface area contributed by atoms with Crippen LogP contribution in [0.5, 0.6) is 0 Å². The molecule has 0 saturated carbocycles. The lowest BCUT2D eigenvalue weighted by Gasteiger charge is -2.23. The van der Waals surface area contributed by atoms with Gasteiger partial charge in [0.15, 0.2) is 11.5 Å².